The van der Waals surface area contributed by atoms with Gasteiger partial charge in [0.05, 0.1) is 25.3 Å². The van der Waals surface area contributed by atoms with Gasteiger partial charge in [-0.15, -0.1) is 0 Å². The summed E-state index contributed by atoms with van der Waals surface area (Å²) in [6.45, 7) is 6.81. The summed E-state index contributed by atoms with van der Waals surface area (Å²) in [4.78, 5) is 26.4. The largest absolute Gasteiger partial charge is 0.490 e. The number of aromatic nitrogens is 1. The number of nitrogens with two attached hydrogens (primary N) is 1. The molecule has 1 aromatic carbocycles. The summed E-state index contributed by atoms with van der Waals surface area (Å²) in [5, 5.41) is 4.62. The Morgan fingerprint density at radius 3 is 2.81 bits per heavy atom. The Balaban J connectivity index is 1.74. The third-order valence-electron chi connectivity index (χ3n) is 5.05. The quantitative estimate of drug-likeness (QED) is 0.663. The number of nitrogens with zero attached hydrogens (tertiary/aromatic N) is 2. The minimum absolute atomic E-state index is 0.0514. The van der Waals surface area contributed by atoms with E-state index < -0.39 is 11.5 Å². The van der Waals surface area contributed by atoms with E-state index in [1.54, 1.807) is 29.2 Å². The van der Waals surface area contributed by atoms with E-state index in [2.05, 4.69) is 19.0 Å². The summed E-state index contributed by atoms with van der Waals surface area (Å²) in [7, 11) is 0. The first-order chi connectivity index (χ1) is 14.7. The SMILES string of the molecule is Cc1cc(OC[C@@]2(CC(N)=O)CN(C(=O)c3cc(CC(C)C)no3)CCO2)ccc1Cl. The van der Waals surface area contributed by atoms with Crippen LogP contribution in [0.1, 0.15) is 42.1 Å². The molecule has 9 heteroatoms. The van der Waals surface area contributed by atoms with Crippen LogP contribution in [0, 0.1) is 12.8 Å². The molecule has 0 radical (unpaired) electrons. The summed E-state index contributed by atoms with van der Waals surface area (Å²) in [6.07, 6.45) is 0.637. The molecular formula is C22H28ClN3O5. The number of benzene rings is 1. The molecule has 31 heavy (non-hydrogen) atoms. The van der Waals surface area contributed by atoms with Crippen LogP contribution in [0.15, 0.2) is 28.8 Å². The molecule has 0 spiro atoms. The third kappa shape index (κ3) is 5.98. The highest BCUT2D eigenvalue weighted by atomic mass is 35.5. The smallest absolute Gasteiger partial charge is 0.292 e. The van der Waals surface area contributed by atoms with Crippen molar-refractivity contribution in [2.45, 2.75) is 39.2 Å². The highest BCUT2D eigenvalue weighted by Crippen LogP contribution is 2.27. The van der Waals surface area contributed by atoms with Gasteiger partial charge in [0.15, 0.2) is 0 Å². The Morgan fingerprint density at radius 1 is 1.35 bits per heavy atom. The number of hydrogen-bond donors (Lipinski definition) is 1. The van der Waals surface area contributed by atoms with Crippen LogP contribution in [0.3, 0.4) is 0 Å². The van der Waals surface area contributed by atoms with E-state index in [1.807, 2.05) is 6.92 Å². The summed E-state index contributed by atoms with van der Waals surface area (Å²) >= 11 is 6.07. The van der Waals surface area contributed by atoms with Crippen molar-refractivity contribution >= 4 is 23.4 Å². The second kappa shape index (κ2) is 9.70. The molecule has 1 aliphatic heterocycles. The fourth-order valence-electron chi connectivity index (χ4n) is 3.59. The Bertz CT molecular complexity index is 945. The molecule has 1 aromatic heterocycles. The zero-order valence-corrected chi connectivity index (χ0v) is 18.8. The van der Waals surface area contributed by atoms with Gasteiger partial charge in [0.25, 0.3) is 5.91 Å². The Kier molecular flexibility index (Phi) is 7.23. The van der Waals surface area contributed by atoms with Crippen LogP contribution in [0.4, 0.5) is 0 Å². The molecule has 1 saturated heterocycles. The molecule has 0 saturated carbocycles. The highest BCUT2D eigenvalue weighted by molar-refractivity contribution is 6.31. The van der Waals surface area contributed by atoms with Crippen LogP contribution in [-0.4, -0.2) is 53.8 Å². The molecule has 2 heterocycles. The first kappa shape index (κ1) is 23.1. The van der Waals surface area contributed by atoms with Gasteiger partial charge in [-0.25, -0.2) is 0 Å². The monoisotopic (exact) mass is 449 g/mol. The van der Waals surface area contributed by atoms with E-state index >= 15 is 0 Å². The molecule has 8 nitrogen and oxygen atoms in total. The van der Waals surface area contributed by atoms with E-state index in [9.17, 15) is 9.59 Å². The van der Waals surface area contributed by atoms with Crippen LogP contribution in [0.5, 0.6) is 5.75 Å². The summed E-state index contributed by atoms with van der Waals surface area (Å²) < 4.78 is 17.1. The molecule has 0 unspecified atom stereocenters. The van der Waals surface area contributed by atoms with Crippen LogP contribution < -0.4 is 10.5 Å². The number of carbonyl (C=O) groups is 2. The molecule has 3 rings (SSSR count). The van der Waals surface area contributed by atoms with Crippen LogP contribution in [0.2, 0.25) is 5.02 Å². The number of halogens is 1. The van der Waals surface area contributed by atoms with Crippen molar-refractivity contribution in [2.24, 2.45) is 11.7 Å². The molecule has 2 N–H and O–H groups in total. The van der Waals surface area contributed by atoms with Gasteiger partial charge >= 0.3 is 0 Å². The zero-order chi connectivity index (χ0) is 22.6. The topological polar surface area (TPSA) is 108 Å². The van der Waals surface area contributed by atoms with Gasteiger partial charge in [-0.2, -0.15) is 0 Å². The average molecular weight is 450 g/mol. The van der Waals surface area contributed by atoms with E-state index in [4.69, 9.17) is 31.3 Å². The van der Waals surface area contributed by atoms with E-state index in [1.165, 1.54) is 0 Å². The number of carbonyl (C=O) groups excluding carboxylic acids is 2. The van der Waals surface area contributed by atoms with Gasteiger partial charge in [0.1, 0.15) is 18.0 Å². The summed E-state index contributed by atoms with van der Waals surface area (Å²) in [5.41, 5.74) is 6.02. The maximum atomic E-state index is 13.0. The summed E-state index contributed by atoms with van der Waals surface area (Å²) in [6, 6.07) is 6.95. The maximum absolute atomic E-state index is 13.0. The predicted molar refractivity (Wildman–Crippen MR) is 115 cm³/mol. The predicted octanol–water partition coefficient (Wildman–Crippen LogP) is 3.00. The van der Waals surface area contributed by atoms with Crippen molar-refractivity contribution in [1.82, 2.24) is 10.1 Å². The highest BCUT2D eigenvalue weighted by Gasteiger charge is 2.41. The number of ether oxygens (including phenoxy) is 2. The van der Waals surface area contributed by atoms with Gasteiger partial charge in [-0.1, -0.05) is 30.6 Å². The lowest BCUT2D eigenvalue weighted by molar-refractivity contribution is -0.142. The Labute approximate surface area is 186 Å². The lowest BCUT2D eigenvalue weighted by Crippen LogP contribution is -2.57. The van der Waals surface area contributed by atoms with Crippen molar-refractivity contribution in [2.75, 3.05) is 26.3 Å². The van der Waals surface area contributed by atoms with E-state index in [0.717, 1.165) is 17.7 Å². The second-order valence-electron chi connectivity index (χ2n) is 8.38. The minimum Gasteiger partial charge on any atom is -0.490 e. The average Bonchev–Trinajstić information content (AvgIpc) is 3.15. The van der Waals surface area contributed by atoms with Crippen LogP contribution >= 0.6 is 11.6 Å². The number of rotatable bonds is 8. The Morgan fingerprint density at radius 2 is 2.13 bits per heavy atom. The van der Waals surface area contributed by atoms with Crippen molar-refractivity contribution in [3.8, 4) is 5.75 Å². The number of amides is 2. The fourth-order valence-corrected chi connectivity index (χ4v) is 3.70. The van der Waals surface area contributed by atoms with Gasteiger partial charge in [0.2, 0.25) is 11.7 Å². The first-order valence-corrected chi connectivity index (χ1v) is 10.6. The van der Waals surface area contributed by atoms with Crippen LogP contribution in [0.25, 0.3) is 0 Å². The fraction of sp³-hybridized carbons (Fsp3) is 0.500. The molecule has 168 valence electrons. The normalized spacial score (nSPS) is 18.9. The molecule has 1 fully saturated rings. The molecule has 2 amide bonds. The molecule has 2 aromatic rings. The van der Waals surface area contributed by atoms with Crippen molar-refractivity contribution in [3.05, 3.63) is 46.3 Å². The minimum atomic E-state index is -1.06. The standard InChI is InChI=1S/C22H28ClN3O5/c1-14(2)8-16-10-19(31-25-16)21(28)26-6-7-30-22(12-26,11-20(24)27)13-29-17-4-5-18(23)15(3)9-17/h4-5,9-10,14H,6-8,11-13H2,1-3H3,(H2,24,27)/t22-/m1/s1. The third-order valence-corrected chi connectivity index (χ3v) is 5.47. The summed E-state index contributed by atoms with van der Waals surface area (Å²) in [5.74, 6) is 0.311. The number of morpholine rings is 1. The van der Waals surface area contributed by atoms with E-state index in [0.29, 0.717) is 23.2 Å². The van der Waals surface area contributed by atoms with Gasteiger partial charge in [-0.05, 0) is 43.0 Å². The zero-order valence-electron chi connectivity index (χ0n) is 18.0. The van der Waals surface area contributed by atoms with Gasteiger partial charge < -0.3 is 24.6 Å². The van der Waals surface area contributed by atoms with Crippen LogP contribution in [-0.2, 0) is 16.0 Å². The van der Waals surface area contributed by atoms with Gasteiger partial charge in [0, 0.05) is 17.6 Å². The molecule has 0 bridgehead atoms. The van der Waals surface area contributed by atoms with Gasteiger partial charge in [-0.3, -0.25) is 9.59 Å². The number of hydrogen-bond acceptors (Lipinski definition) is 6. The molecule has 1 atom stereocenters. The lowest BCUT2D eigenvalue weighted by atomic mass is 9.97. The van der Waals surface area contributed by atoms with Crippen molar-refractivity contribution in [1.29, 1.82) is 0 Å². The number of aryl methyl sites for hydroxylation is 1. The second-order valence-corrected chi connectivity index (χ2v) is 8.79. The lowest BCUT2D eigenvalue weighted by Gasteiger charge is -2.41. The Hall–Kier alpha value is -2.58. The van der Waals surface area contributed by atoms with Crippen molar-refractivity contribution < 1.29 is 23.6 Å². The molecule has 0 aliphatic carbocycles. The maximum Gasteiger partial charge on any atom is 0.292 e. The molecular weight excluding hydrogens is 422 g/mol. The first-order valence-electron chi connectivity index (χ1n) is 10.2. The molecule has 1 aliphatic rings. The number of primary amides is 1. The van der Waals surface area contributed by atoms with Crippen molar-refractivity contribution in [3.63, 3.8) is 0 Å². The van der Waals surface area contributed by atoms with E-state index in [-0.39, 0.29) is 37.8 Å².